The highest BCUT2D eigenvalue weighted by Gasteiger charge is 2.20. The number of benzene rings is 2. The minimum Gasteiger partial charge on any atom is -0.398 e. The summed E-state index contributed by atoms with van der Waals surface area (Å²) in [5.41, 5.74) is 11.2. The first kappa shape index (κ1) is 13.6. The monoisotopic (exact) mass is 283 g/mol. The molecule has 1 unspecified atom stereocenters. The van der Waals surface area contributed by atoms with E-state index in [0.717, 1.165) is 11.4 Å². The van der Waals surface area contributed by atoms with Crippen molar-refractivity contribution in [1.29, 1.82) is 0 Å². The van der Waals surface area contributed by atoms with Gasteiger partial charge in [0, 0.05) is 16.3 Å². The number of aryl methyl sites for hydroxylation is 1. The first-order valence-corrected chi connectivity index (χ1v) is 8.30. The zero-order valence-corrected chi connectivity index (χ0v) is 12.7. The van der Waals surface area contributed by atoms with Crippen LogP contribution in [0.4, 0.5) is 5.69 Å². The van der Waals surface area contributed by atoms with Crippen LogP contribution in [0.1, 0.15) is 35.4 Å². The van der Waals surface area contributed by atoms with E-state index in [0.29, 0.717) is 5.92 Å². The lowest BCUT2D eigenvalue weighted by Crippen LogP contribution is -2.11. The molecule has 0 aromatic heterocycles. The van der Waals surface area contributed by atoms with Crippen molar-refractivity contribution in [2.24, 2.45) is 0 Å². The predicted molar refractivity (Wildman–Crippen MR) is 88.4 cm³/mol. The van der Waals surface area contributed by atoms with Crippen LogP contribution in [-0.4, -0.2) is 5.75 Å². The maximum absolute atomic E-state index is 5.99. The Labute approximate surface area is 125 Å². The zero-order valence-electron chi connectivity index (χ0n) is 11.9. The van der Waals surface area contributed by atoms with Crippen LogP contribution in [0, 0.1) is 6.92 Å². The Morgan fingerprint density at radius 3 is 2.90 bits per heavy atom. The first-order valence-electron chi connectivity index (χ1n) is 7.31. The molecule has 2 N–H and O–H groups in total. The Kier molecular flexibility index (Phi) is 4.02. The highest BCUT2D eigenvalue weighted by atomic mass is 32.2. The van der Waals surface area contributed by atoms with E-state index >= 15 is 0 Å². The average molecular weight is 283 g/mol. The highest BCUT2D eigenvalue weighted by Crippen LogP contribution is 2.37. The van der Waals surface area contributed by atoms with Crippen molar-refractivity contribution in [2.75, 3.05) is 11.5 Å². The van der Waals surface area contributed by atoms with Gasteiger partial charge in [0.15, 0.2) is 0 Å². The lowest BCUT2D eigenvalue weighted by atomic mass is 9.84. The number of nitrogen functional groups attached to an aromatic ring is 1. The Bertz CT molecular complexity index is 606. The molecule has 0 spiro atoms. The summed E-state index contributed by atoms with van der Waals surface area (Å²) in [5, 5.41) is 0. The Morgan fingerprint density at radius 2 is 2.00 bits per heavy atom. The third-order valence-electron chi connectivity index (χ3n) is 4.26. The van der Waals surface area contributed by atoms with Gasteiger partial charge in [-0.1, -0.05) is 30.3 Å². The topological polar surface area (TPSA) is 26.0 Å². The van der Waals surface area contributed by atoms with E-state index in [4.69, 9.17) is 5.73 Å². The minimum atomic E-state index is 0.686. The van der Waals surface area contributed by atoms with E-state index in [1.165, 1.54) is 29.7 Å². The fraction of sp³-hybridized carbons (Fsp3) is 0.333. The third-order valence-corrected chi connectivity index (χ3v) is 5.58. The van der Waals surface area contributed by atoms with E-state index in [1.54, 1.807) is 11.1 Å². The molecular weight excluding hydrogens is 262 g/mol. The highest BCUT2D eigenvalue weighted by molar-refractivity contribution is 7.99. The molecule has 2 aromatic carbocycles. The number of nitrogens with two attached hydrogens (primary N) is 1. The van der Waals surface area contributed by atoms with E-state index < -0.39 is 0 Å². The lowest BCUT2D eigenvalue weighted by Gasteiger charge is -2.25. The number of rotatable bonds is 3. The molecule has 0 radical (unpaired) electrons. The summed E-state index contributed by atoms with van der Waals surface area (Å²) in [6.45, 7) is 2.12. The molecule has 2 heteroatoms. The lowest BCUT2D eigenvalue weighted by molar-refractivity contribution is 0.596. The summed E-state index contributed by atoms with van der Waals surface area (Å²) >= 11 is 1.95. The summed E-state index contributed by atoms with van der Waals surface area (Å²) in [7, 11) is 0. The third kappa shape index (κ3) is 2.71. The van der Waals surface area contributed by atoms with Gasteiger partial charge in [-0.25, -0.2) is 0 Å². The van der Waals surface area contributed by atoms with Crippen LogP contribution in [0.5, 0.6) is 0 Å². The molecule has 0 heterocycles. The minimum absolute atomic E-state index is 0.686. The second-order valence-corrected chi connectivity index (χ2v) is 6.63. The summed E-state index contributed by atoms with van der Waals surface area (Å²) in [6, 6.07) is 15.2. The van der Waals surface area contributed by atoms with Crippen LogP contribution in [-0.2, 0) is 6.42 Å². The van der Waals surface area contributed by atoms with Crippen molar-refractivity contribution in [3.63, 3.8) is 0 Å². The SMILES string of the molecule is Cc1c(N)cccc1SCC1CCCc2ccccc21. The van der Waals surface area contributed by atoms with Crippen molar-refractivity contribution in [3.05, 3.63) is 59.2 Å². The van der Waals surface area contributed by atoms with Gasteiger partial charge in [0.2, 0.25) is 0 Å². The van der Waals surface area contributed by atoms with Gasteiger partial charge in [-0.3, -0.25) is 0 Å². The normalized spacial score (nSPS) is 17.8. The van der Waals surface area contributed by atoms with Crippen LogP contribution in [0.25, 0.3) is 0 Å². The van der Waals surface area contributed by atoms with Crippen LogP contribution in [0.15, 0.2) is 47.4 Å². The van der Waals surface area contributed by atoms with E-state index in [2.05, 4.69) is 43.3 Å². The maximum Gasteiger partial charge on any atom is 0.0354 e. The number of anilines is 1. The van der Waals surface area contributed by atoms with Crippen molar-refractivity contribution < 1.29 is 0 Å². The molecule has 1 aliphatic carbocycles. The van der Waals surface area contributed by atoms with Crippen LogP contribution in [0.3, 0.4) is 0 Å². The first-order chi connectivity index (χ1) is 9.75. The molecule has 1 atom stereocenters. The summed E-state index contributed by atoms with van der Waals surface area (Å²) in [4.78, 5) is 1.33. The molecule has 2 aromatic rings. The summed E-state index contributed by atoms with van der Waals surface area (Å²) in [6.07, 6.45) is 3.87. The standard InChI is InChI=1S/C18H21NS/c1-13-17(19)10-5-11-18(13)20-12-15-8-4-7-14-6-2-3-9-16(14)15/h2-3,5-6,9-11,15H,4,7-8,12,19H2,1H3. The molecule has 1 nitrogen and oxygen atoms in total. The molecule has 3 rings (SSSR count). The molecule has 1 aliphatic rings. The van der Waals surface area contributed by atoms with E-state index in [-0.39, 0.29) is 0 Å². The maximum atomic E-state index is 5.99. The fourth-order valence-electron chi connectivity index (χ4n) is 3.01. The molecule has 20 heavy (non-hydrogen) atoms. The van der Waals surface area contributed by atoms with Gasteiger partial charge in [-0.2, -0.15) is 0 Å². The molecule has 104 valence electrons. The smallest absolute Gasteiger partial charge is 0.0354 e. The Hall–Kier alpha value is -1.41. The van der Waals surface area contributed by atoms with E-state index in [1.807, 2.05) is 17.8 Å². The Morgan fingerprint density at radius 1 is 1.15 bits per heavy atom. The molecule has 0 amide bonds. The van der Waals surface area contributed by atoms with E-state index in [9.17, 15) is 0 Å². The van der Waals surface area contributed by atoms with Gasteiger partial charge >= 0.3 is 0 Å². The summed E-state index contributed by atoms with van der Waals surface area (Å²) < 4.78 is 0. The van der Waals surface area contributed by atoms with Gasteiger partial charge in [0.1, 0.15) is 0 Å². The van der Waals surface area contributed by atoms with Crippen LogP contribution >= 0.6 is 11.8 Å². The van der Waals surface area contributed by atoms with Crippen molar-refractivity contribution in [1.82, 2.24) is 0 Å². The van der Waals surface area contributed by atoms with Gasteiger partial charge in [-0.05, 0) is 60.9 Å². The van der Waals surface area contributed by atoms with Gasteiger partial charge in [0.05, 0.1) is 0 Å². The fourth-order valence-corrected chi connectivity index (χ4v) is 4.24. The van der Waals surface area contributed by atoms with Crippen LogP contribution < -0.4 is 5.73 Å². The molecule has 0 saturated carbocycles. The van der Waals surface area contributed by atoms with Crippen molar-refractivity contribution in [3.8, 4) is 0 Å². The largest absolute Gasteiger partial charge is 0.398 e. The number of fused-ring (bicyclic) bond motifs is 1. The molecular formula is C18H21NS. The summed E-state index contributed by atoms with van der Waals surface area (Å²) in [5.74, 6) is 1.84. The molecule has 0 aliphatic heterocycles. The number of thioether (sulfide) groups is 1. The molecule has 0 fully saturated rings. The second kappa shape index (κ2) is 5.92. The number of hydrogen-bond acceptors (Lipinski definition) is 2. The quantitative estimate of drug-likeness (QED) is 0.647. The zero-order chi connectivity index (χ0) is 13.9. The van der Waals surface area contributed by atoms with Gasteiger partial charge < -0.3 is 5.73 Å². The number of hydrogen-bond donors (Lipinski definition) is 1. The van der Waals surface area contributed by atoms with Gasteiger partial charge in [0.25, 0.3) is 0 Å². The molecule has 0 saturated heterocycles. The Balaban J connectivity index is 1.75. The predicted octanol–water partition coefficient (Wildman–Crippen LogP) is 4.79. The second-order valence-electron chi connectivity index (χ2n) is 5.57. The van der Waals surface area contributed by atoms with Crippen molar-refractivity contribution >= 4 is 17.4 Å². The molecule has 0 bridgehead atoms. The average Bonchev–Trinajstić information content (AvgIpc) is 2.49. The van der Waals surface area contributed by atoms with Crippen molar-refractivity contribution in [2.45, 2.75) is 37.0 Å². The van der Waals surface area contributed by atoms with Gasteiger partial charge in [-0.15, -0.1) is 11.8 Å². The van der Waals surface area contributed by atoms with Crippen LogP contribution in [0.2, 0.25) is 0 Å².